The molecule has 0 aliphatic rings. The number of amides is 1. The van der Waals surface area contributed by atoms with Crippen molar-refractivity contribution in [1.29, 1.82) is 0 Å². The fraction of sp³-hybridized carbons (Fsp3) is 0.562. The van der Waals surface area contributed by atoms with E-state index in [-0.39, 0.29) is 18.0 Å². The van der Waals surface area contributed by atoms with Gasteiger partial charge in [-0.05, 0) is 18.4 Å². The molecule has 19 heavy (non-hydrogen) atoms. The minimum atomic E-state index is -0.386. The number of carbonyl (C=O) groups is 1. The Morgan fingerprint density at radius 3 is 2.42 bits per heavy atom. The Morgan fingerprint density at radius 2 is 1.84 bits per heavy atom. The van der Waals surface area contributed by atoms with Gasteiger partial charge >= 0.3 is 0 Å². The smallest absolute Gasteiger partial charge is 0.237 e. The van der Waals surface area contributed by atoms with Crippen LogP contribution in [-0.2, 0) is 4.79 Å². The van der Waals surface area contributed by atoms with E-state index in [0.717, 1.165) is 37.7 Å². The van der Waals surface area contributed by atoms with E-state index in [4.69, 9.17) is 5.73 Å². The molecule has 0 heterocycles. The molecule has 3 heteroatoms. The molecular weight excluding hydrogens is 236 g/mol. The van der Waals surface area contributed by atoms with E-state index >= 15 is 0 Å². The van der Waals surface area contributed by atoms with Crippen LogP contribution in [0.3, 0.4) is 0 Å². The zero-order valence-corrected chi connectivity index (χ0v) is 12.1. The fourth-order valence-corrected chi connectivity index (χ4v) is 2.13. The monoisotopic (exact) mass is 262 g/mol. The van der Waals surface area contributed by atoms with Gasteiger partial charge in [0.05, 0.1) is 12.1 Å². The Morgan fingerprint density at radius 1 is 1.16 bits per heavy atom. The van der Waals surface area contributed by atoms with Crippen LogP contribution in [0.1, 0.15) is 57.6 Å². The van der Waals surface area contributed by atoms with E-state index in [1.165, 1.54) is 0 Å². The van der Waals surface area contributed by atoms with Gasteiger partial charge in [-0.3, -0.25) is 4.79 Å². The zero-order valence-electron chi connectivity index (χ0n) is 12.1. The van der Waals surface area contributed by atoms with E-state index in [0.29, 0.717) is 0 Å². The van der Waals surface area contributed by atoms with Crippen molar-refractivity contribution in [2.24, 2.45) is 5.73 Å². The lowest BCUT2D eigenvalue weighted by atomic mass is 10.0. The van der Waals surface area contributed by atoms with Crippen molar-refractivity contribution in [3.8, 4) is 0 Å². The molecule has 0 saturated carbocycles. The highest BCUT2D eigenvalue weighted by Gasteiger charge is 2.18. The second-order valence-electron chi connectivity index (χ2n) is 5.01. The number of hydrogen-bond donors (Lipinski definition) is 2. The Hall–Kier alpha value is -1.35. The summed E-state index contributed by atoms with van der Waals surface area (Å²) in [5.41, 5.74) is 7.07. The summed E-state index contributed by atoms with van der Waals surface area (Å²) < 4.78 is 0. The Labute approximate surface area is 116 Å². The molecule has 0 spiro atoms. The minimum Gasteiger partial charge on any atom is -0.348 e. The molecule has 0 saturated heterocycles. The highest BCUT2D eigenvalue weighted by Crippen LogP contribution is 2.18. The van der Waals surface area contributed by atoms with Gasteiger partial charge in [0.1, 0.15) is 0 Å². The molecule has 2 atom stereocenters. The Kier molecular flexibility index (Phi) is 7.19. The first kappa shape index (κ1) is 15.7. The van der Waals surface area contributed by atoms with Crippen molar-refractivity contribution < 1.29 is 4.79 Å². The number of carbonyl (C=O) groups excluding carboxylic acids is 1. The lowest BCUT2D eigenvalue weighted by molar-refractivity contribution is -0.123. The van der Waals surface area contributed by atoms with Crippen LogP contribution in [-0.4, -0.2) is 11.9 Å². The van der Waals surface area contributed by atoms with Crippen molar-refractivity contribution in [2.45, 2.75) is 58.0 Å². The average Bonchev–Trinajstić information content (AvgIpc) is 2.45. The van der Waals surface area contributed by atoms with Crippen molar-refractivity contribution >= 4 is 5.91 Å². The summed E-state index contributed by atoms with van der Waals surface area (Å²) in [6.07, 6.45) is 4.80. The molecule has 1 aromatic carbocycles. The van der Waals surface area contributed by atoms with Gasteiger partial charge in [-0.2, -0.15) is 0 Å². The van der Waals surface area contributed by atoms with Gasteiger partial charge < -0.3 is 11.1 Å². The number of hydrogen-bond acceptors (Lipinski definition) is 2. The Bertz CT molecular complexity index is 364. The van der Waals surface area contributed by atoms with Gasteiger partial charge in [-0.25, -0.2) is 0 Å². The zero-order chi connectivity index (χ0) is 14.1. The summed E-state index contributed by atoms with van der Waals surface area (Å²) in [6, 6.07) is 9.79. The molecule has 3 N–H and O–H groups in total. The third kappa shape index (κ3) is 5.43. The van der Waals surface area contributed by atoms with Crippen LogP contribution < -0.4 is 11.1 Å². The first-order valence-corrected chi connectivity index (χ1v) is 7.29. The van der Waals surface area contributed by atoms with Crippen LogP contribution in [0.2, 0.25) is 0 Å². The number of nitrogens with two attached hydrogens (primary N) is 1. The molecule has 0 radical (unpaired) electrons. The van der Waals surface area contributed by atoms with E-state index in [2.05, 4.69) is 31.3 Å². The van der Waals surface area contributed by atoms with Crippen LogP contribution in [0, 0.1) is 0 Å². The number of unbranched alkanes of at least 4 members (excludes halogenated alkanes) is 1. The van der Waals surface area contributed by atoms with Crippen LogP contribution >= 0.6 is 0 Å². The van der Waals surface area contributed by atoms with Crippen LogP contribution in [0.25, 0.3) is 0 Å². The van der Waals surface area contributed by atoms with Gasteiger partial charge in [0.25, 0.3) is 0 Å². The van der Waals surface area contributed by atoms with Gasteiger partial charge in [0.2, 0.25) is 5.91 Å². The first-order valence-electron chi connectivity index (χ1n) is 7.29. The largest absolute Gasteiger partial charge is 0.348 e. The predicted octanol–water partition coefficient (Wildman–Crippen LogP) is 3.16. The number of benzene rings is 1. The minimum absolute atomic E-state index is 0.0317. The van der Waals surface area contributed by atoms with E-state index in [1.54, 1.807) is 0 Å². The summed E-state index contributed by atoms with van der Waals surface area (Å²) in [6.45, 7) is 4.23. The lowest BCUT2D eigenvalue weighted by Crippen LogP contribution is -2.42. The maximum Gasteiger partial charge on any atom is 0.237 e. The second-order valence-corrected chi connectivity index (χ2v) is 5.01. The quantitative estimate of drug-likeness (QED) is 0.756. The van der Waals surface area contributed by atoms with Gasteiger partial charge in [0.15, 0.2) is 0 Å². The molecule has 1 rings (SSSR count). The predicted molar refractivity (Wildman–Crippen MR) is 79.7 cm³/mol. The summed E-state index contributed by atoms with van der Waals surface area (Å²) in [4.78, 5) is 12.1. The normalized spacial score (nSPS) is 13.8. The van der Waals surface area contributed by atoms with Crippen molar-refractivity contribution in [3.63, 3.8) is 0 Å². The van der Waals surface area contributed by atoms with Gasteiger partial charge in [-0.1, -0.05) is 63.4 Å². The summed E-state index contributed by atoms with van der Waals surface area (Å²) >= 11 is 0. The maximum absolute atomic E-state index is 12.1. The van der Waals surface area contributed by atoms with Crippen LogP contribution in [0.5, 0.6) is 0 Å². The van der Waals surface area contributed by atoms with Crippen molar-refractivity contribution in [2.75, 3.05) is 0 Å². The van der Waals surface area contributed by atoms with E-state index < -0.39 is 0 Å². The Balaban J connectivity index is 2.61. The molecule has 1 aromatic rings. The third-order valence-electron chi connectivity index (χ3n) is 3.30. The summed E-state index contributed by atoms with van der Waals surface area (Å²) in [5, 5.41) is 3.08. The number of rotatable bonds is 8. The topological polar surface area (TPSA) is 55.1 Å². The third-order valence-corrected chi connectivity index (χ3v) is 3.30. The average molecular weight is 262 g/mol. The molecule has 1 amide bonds. The molecule has 106 valence electrons. The highest BCUT2D eigenvalue weighted by molar-refractivity contribution is 5.81. The van der Waals surface area contributed by atoms with Crippen LogP contribution in [0.15, 0.2) is 30.3 Å². The molecule has 0 bridgehead atoms. The fourth-order valence-electron chi connectivity index (χ4n) is 2.13. The molecule has 0 fully saturated rings. The lowest BCUT2D eigenvalue weighted by Gasteiger charge is -2.21. The maximum atomic E-state index is 12.1. The highest BCUT2D eigenvalue weighted by atomic mass is 16.2. The standard InChI is InChI=1S/C16H26N2O/c1-3-5-12-14(17)16(19)18-15(9-4-2)13-10-7-6-8-11-13/h6-8,10-11,14-15H,3-5,9,12,17H2,1-2H3,(H,18,19)/t14-,15?/m0/s1. The SMILES string of the molecule is CCCC[C@H](N)C(=O)NC(CCC)c1ccccc1. The van der Waals surface area contributed by atoms with Gasteiger partial charge in [0, 0.05) is 0 Å². The van der Waals surface area contributed by atoms with E-state index in [1.807, 2.05) is 18.2 Å². The van der Waals surface area contributed by atoms with Crippen molar-refractivity contribution in [3.05, 3.63) is 35.9 Å². The van der Waals surface area contributed by atoms with E-state index in [9.17, 15) is 4.79 Å². The first-order chi connectivity index (χ1) is 9.19. The second kappa shape index (κ2) is 8.70. The molecule has 3 nitrogen and oxygen atoms in total. The molecule has 0 aliphatic heterocycles. The summed E-state index contributed by atoms with van der Waals surface area (Å²) in [7, 11) is 0. The summed E-state index contributed by atoms with van der Waals surface area (Å²) in [5.74, 6) is -0.0317. The molecule has 1 unspecified atom stereocenters. The van der Waals surface area contributed by atoms with Crippen molar-refractivity contribution in [1.82, 2.24) is 5.32 Å². The molecular formula is C16H26N2O. The van der Waals surface area contributed by atoms with Crippen LogP contribution in [0.4, 0.5) is 0 Å². The van der Waals surface area contributed by atoms with Gasteiger partial charge in [-0.15, -0.1) is 0 Å². The number of nitrogens with one attached hydrogen (secondary N) is 1. The molecule has 0 aromatic heterocycles. The molecule has 0 aliphatic carbocycles.